The standard InChI is InChI=1S/C15H18N2O/c1-2-5-12(9-16)15(18)17-10-13-8-11-6-3-4-7-14(11)13/h3-4,6-7,12-13H,2,5,8,10H2,1H3,(H,17,18). The van der Waals surface area contributed by atoms with E-state index in [1.54, 1.807) is 0 Å². The van der Waals surface area contributed by atoms with Gasteiger partial charge in [0.15, 0.2) is 0 Å². The first-order valence-electron chi connectivity index (χ1n) is 6.51. The topological polar surface area (TPSA) is 52.9 Å². The Morgan fingerprint density at radius 2 is 2.33 bits per heavy atom. The highest BCUT2D eigenvalue weighted by atomic mass is 16.1. The van der Waals surface area contributed by atoms with Gasteiger partial charge in [0, 0.05) is 12.5 Å². The van der Waals surface area contributed by atoms with Crippen LogP contribution in [-0.2, 0) is 11.2 Å². The molecule has 3 heteroatoms. The molecule has 0 fully saturated rings. The van der Waals surface area contributed by atoms with Crippen LogP contribution in [0.1, 0.15) is 36.8 Å². The summed E-state index contributed by atoms with van der Waals surface area (Å²) in [4.78, 5) is 11.8. The van der Waals surface area contributed by atoms with E-state index < -0.39 is 5.92 Å². The zero-order chi connectivity index (χ0) is 13.0. The third-order valence-corrected chi connectivity index (χ3v) is 3.53. The molecule has 1 aromatic carbocycles. The molecule has 0 heterocycles. The lowest BCUT2D eigenvalue weighted by Crippen LogP contribution is -2.36. The number of hydrogen-bond acceptors (Lipinski definition) is 2. The Balaban J connectivity index is 1.84. The second-order valence-electron chi connectivity index (χ2n) is 4.82. The van der Waals surface area contributed by atoms with Gasteiger partial charge >= 0.3 is 0 Å². The summed E-state index contributed by atoms with van der Waals surface area (Å²) in [5, 5.41) is 11.8. The molecule has 1 N–H and O–H groups in total. The van der Waals surface area contributed by atoms with Crippen molar-refractivity contribution in [2.45, 2.75) is 32.1 Å². The Morgan fingerprint density at radius 3 is 3.00 bits per heavy atom. The number of carbonyl (C=O) groups excluding carboxylic acids is 1. The van der Waals surface area contributed by atoms with Gasteiger partial charge in [-0.05, 0) is 24.0 Å². The molecule has 0 spiro atoms. The van der Waals surface area contributed by atoms with Crippen LogP contribution in [-0.4, -0.2) is 12.5 Å². The molecule has 1 aromatic rings. The number of rotatable bonds is 5. The van der Waals surface area contributed by atoms with Crippen molar-refractivity contribution < 1.29 is 4.79 Å². The molecule has 1 amide bonds. The maximum atomic E-state index is 11.8. The minimum atomic E-state index is -0.495. The average molecular weight is 242 g/mol. The Labute approximate surface area is 108 Å². The van der Waals surface area contributed by atoms with Crippen LogP contribution in [0.15, 0.2) is 24.3 Å². The van der Waals surface area contributed by atoms with Crippen LogP contribution in [0, 0.1) is 17.2 Å². The van der Waals surface area contributed by atoms with Crippen LogP contribution in [0.25, 0.3) is 0 Å². The van der Waals surface area contributed by atoms with Crippen LogP contribution in [0.4, 0.5) is 0 Å². The van der Waals surface area contributed by atoms with Crippen molar-refractivity contribution >= 4 is 5.91 Å². The molecule has 1 aliphatic carbocycles. The second kappa shape index (κ2) is 5.68. The summed E-state index contributed by atoms with van der Waals surface area (Å²) in [6.07, 6.45) is 2.53. The van der Waals surface area contributed by atoms with Crippen LogP contribution < -0.4 is 5.32 Å². The molecular weight excluding hydrogens is 224 g/mol. The molecule has 0 aliphatic heterocycles. The van der Waals surface area contributed by atoms with Gasteiger partial charge in [0.1, 0.15) is 5.92 Å². The van der Waals surface area contributed by atoms with Gasteiger partial charge in [-0.2, -0.15) is 5.26 Å². The number of benzene rings is 1. The fourth-order valence-electron chi connectivity index (χ4n) is 2.43. The van der Waals surface area contributed by atoms with Gasteiger partial charge in [0.05, 0.1) is 6.07 Å². The highest BCUT2D eigenvalue weighted by Crippen LogP contribution is 2.34. The summed E-state index contributed by atoms with van der Waals surface area (Å²) in [6, 6.07) is 10.4. The molecule has 3 nitrogen and oxygen atoms in total. The maximum Gasteiger partial charge on any atom is 0.237 e. The highest BCUT2D eigenvalue weighted by molar-refractivity contribution is 5.81. The van der Waals surface area contributed by atoms with Crippen molar-refractivity contribution in [3.8, 4) is 6.07 Å². The number of amides is 1. The quantitative estimate of drug-likeness (QED) is 0.862. The fourth-order valence-corrected chi connectivity index (χ4v) is 2.43. The zero-order valence-corrected chi connectivity index (χ0v) is 10.6. The van der Waals surface area contributed by atoms with Crippen molar-refractivity contribution in [2.24, 2.45) is 5.92 Å². The lowest BCUT2D eigenvalue weighted by atomic mass is 9.77. The molecule has 2 rings (SSSR count). The van der Waals surface area contributed by atoms with Gasteiger partial charge in [-0.15, -0.1) is 0 Å². The lowest BCUT2D eigenvalue weighted by molar-refractivity contribution is -0.123. The van der Waals surface area contributed by atoms with Crippen molar-refractivity contribution in [3.63, 3.8) is 0 Å². The molecule has 0 saturated heterocycles. The minimum Gasteiger partial charge on any atom is -0.354 e. The van der Waals surface area contributed by atoms with E-state index in [0.717, 1.165) is 12.8 Å². The van der Waals surface area contributed by atoms with Crippen molar-refractivity contribution in [2.75, 3.05) is 6.54 Å². The third kappa shape index (κ3) is 2.53. The number of hydrogen-bond donors (Lipinski definition) is 1. The summed E-state index contributed by atoms with van der Waals surface area (Å²) in [6.45, 7) is 2.64. The first-order valence-corrected chi connectivity index (χ1v) is 6.51. The molecule has 0 radical (unpaired) electrons. The van der Waals surface area contributed by atoms with E-state index in [2.05, 4.69) is 23.5 Å². The molecule has 0 aromatic heterocycles. The Bertz CT molecular complexity index is 476. The molecule has 1 aliphatic rings. The van der Waals surface area contributed by atoms with Crippen LogP contribution in [0.2, 0.25) is 0 Å². The predicted molar refractivity (Wildman–Crippen MR) is 69.9 cm³/mol. The Morgan fingerprint density at radius 1 is 1.56 bits per heavy atom. The lowest BCUT2D eigenvalue weighted by Gasteiger charge is -2.30. The van der Waals surface area contributed by atoms with E-state index in [0.29, 0.717) is 18.9 Å². The first kappa shape index (κ1) is 12.6. The van der Waals surface area contributed by atoms with Gasteiger partial charge < -0.3 is 5.32 Å². The van der Waals surface area contributed by atoms with Gasteiger partial charge in [-0.1, -0.05) is 37.6 Å². The van der Waals surface area contributed by atoms with Crippen molar-refractivity contribution in [1.29, 1.82) is 5.26 Å². The fraction of sp³-hybridized carbons (Fsp3) is 0.467. The average Bonchev–Trinajstić information content (AvgIpc) is 2.36. The number of fused-ring (bicyclic) bond motifs is 1. The zero-order valence-electron chi connectivity index (χ0n) is 10.6. The smallest absolute Gasteiger partial charge is 0.237 e. The Hall–Kier alpha value is -1.82. The summed E-state index contributed by atoms with van der Waals surface area (Å²) in [7, 11) is 0. The summed E-state index contributed by atoms with van der Waals surface area (Å²) in [5.41, 5.74) is 2.71. The second-order valence-corrected chi connectivity index (χ2v) is 4.82. The SMILES string of the molecule is CCCC(C#N)C(=O)NCC1Cc2ccccc21. The molecule has 0 saturated carbocycles. The summed E-state index contributed by atoms with van der Waals surface area (Å²) >= 11 is 0. The molecule has 2 atom stereocenters. The normalized spacial score (nSPS) is 18.1. The van der Waals surface area contributed by atoms with E-state index in [9.17, 15) is 4.79 Å². The number of carbonyl (C=O) groups is 1. The van der Waals surface area contributed by atoms with Gasteiger partial charge in [-0.3, -0.25) is 4.79 Å². The summed E-state index contributed by atoms with van der Waals surface area (Å²) < 4.78 is 0. The van der Waals surface area contributed by atoms with Crippen LogP contribution in [0.5, 0.6) is 0 Å². The largest absolute Gasteiger partial charge is 0.354 e. The van der Waals surface area contributed by atoms with Crippen molar-refractivity contribution in [1.82, 2.24) is 5.32 Å². The minimum absolute atomic E-state index is 0.122. The predicted octanol–water partition coefficient (Wildman–Crippen LogP) is 2.38. The number of nitrogens with zero attached hydrogens (tertiary/aromatic N) is 1. The van der Waals surface area contributed by atoms with Crippen LogP contribution in [0.3, 0.4) is 0 Å². The molecular formula is C15H18N2O. The van der Waals surface area contributed by atoms with Crippen LogP contribution >= 0.6 is 0 Å². The van der Waals surface area contributed by atoms with Gasteiger partial charge in [-0.25, -0.2) is 0 Å². The Kier molecular flexibility index (Phi) is 3.99. The first-order chi connectivity index (χ1) is 8.76. The maximum absolute atomic E-state index is 11.8. The number of nitrogens with one attached hydrogen (secondary N) is 1. The van der Waals surface area contributed by atoms with E-state index in [1.807, 2.05) is 19.1 Å². The van der Waals surface area contributed by atoms with Gasteiger partial charge in [0.25, 0.3) is 0 Å². The van der Waals surface area contributed by atoms with E-state index >= 15 is 0 Å². The molecule has 2 unspecified atom stereocenters. The molecule has 94 valence electrons. The monoisotopic (exact) mass is 242 g/mol. The highest BCUT2D eigenvalue weighted by Gasteiger charge is 2.26. The molecule has 18 heavy (non-hydrogen) atoms. The number of nitriles is 1. The molecule has 0 bridgehead atoms. The van der Waals surface area contributed by atoms with Crippen molar-refractivity contribution in [3.05, 3.63) is 35.4 Å². The third-order valence-electron chi connectivity index (χ3n) is 3.53. The van der Waals surface area contributed by atoms with Gasteiger partial charge in [0.2, 0.25) is 5.91 Å². The van der Waals surface area contributed by atoms with E-state index in [4.69, 9.17) is 5.26 Å². The summed E-state index contributed by atoms with van der Waals surface area (Å²) in [5.74, 6) is -0.194. The van der Waals surface area contributed by atoms with E-state index in [1.165, 1.54) is 11.1 Å². The van der Waals surface area contributed by atoms with E-state index in [-0.39, 0.29) is 5.91 Å².